The molecule has 0 saturated carbocycles. The maximum Gasteiger partial charge on any atom is 0.338 e. The lowest BCUT2D eigenvalue weighted by molar-refractivity contribution is -0.139. The largest absolute Gasteiger partial charge is 0.463 e. The molecule has 1 aromatic heterocycles. The van der Waals surface area contributed by atoms with Crippen molar-refractivity contribution in [1.29, 1.82) is 0 Å². The molecule has 7 nitrogen and oxygen atoms in total. The molecule has 0 aliphatic carbocycles. The van der Waals surface area contributed by atoms with Crippen LogP contribution in [-0.4, -0.2) is 65.3 Å². The summed E-state index contributed by atoms with van der Waals surface area (Å²) in [6.45, 7) is 2.51. The Morgan fingerprint density at radius 2 is 2.27 bits per heavy atom. The summed E-state index contributed by atoms with van der Waals surface area (Å²) in [5.41, 5.74) is 1.13. The topological polar surface area (TPSA) is 87.0 Å². The number of carbonyl (C=O) groups is 1. The molecule has 1 saturated heterocycles. The average molecular weight is 497 g/mol. The second kappa shape index (κ2) is 10.3. The number of carbonyl (C=O) groups excluding carboxylic acids is 1. The van der Waals surface area contributed by atoms with Crippen LogP contribution in [0, 0.1) is 5.82 Å². The lowest BCUT2D eigenvalue weighted by atomic mass is 9.94. The number of aliphatic hydroxyl groups is 1. The summed E-state index contributed by atoms with van der Waals surface area (Å²) in [4.78, 5) is 23.9. The molecule has 0 spiro atoms. The summed E-state index contributed by atoms with van der Waals surface area (Å²) in [6, 6.07) is 3.04. The van der Waals surface area contributed by atoms with Crippen molar-refractivity contribution in [1.82, 2.24) is 15.2 Å². The van der Waals surface area contributed by atoms with Gasteiger partial charge in [0, 0.05) is 47.5 Å². The first-order valence-electron chi connectivity index (χ1n) is 10.5. The van der Waals surface area contributed by atoms with E-state index in [9.17, 15) is 18.7 Å². The van der Waals surface area contributed by atoms with Gasteiger partial charge in [0.15, 0.2) is 10.8 Å². The highest BCUT2D eigenvalue weighted by molar-refractivity contribution is 7.11. The van der Waals surface area contributed by atoms with Crippen LogP contribution in [0.5, 0.6) is 0 Å². The van der Waals surface area contributed by atoms with Gasteiger partial charge in [0.25, 0.3) is 0 Å². The van der Waals surface area contributed by atoms with Gasteiger partial charge in [0.05, 0.1) is 18.3 Å². The van der Waals surface area contributed by atoms with Crippen LogP contribution in [0.15, 0.2) is 46.0 Å². The standard InChI is InChI=1S/C22H23ClF2N4O3S/c1-2-32-22(31)18-16(11-29-7-5-17(30)15(25)10-29)27-20(21-26-6-8-33-21)28-19(18)13-4-3-12(24)9-14(13)23/h3-4,6,8-9,15,17,19,30H,2,5,7,10-11H2,1H3,(H,27,28). The highest BCUT2D eigenvalue weighted by Gasteiger charge is 2.36. The van der Waals surface area contributed by atoms with Crippen LogP contribution in [0.4, 0.5) is 8.78 Å². The van der Waals surface area contributed by atoms with E-state index >= 15 is 0 Å². The van der Waals surface area contributed by atoms with Crippen molar-refractivity contribution in [3.63, 3.8) is 0 Å². The van der Waals surface area contributed by atoms with E-state index in [4.69, 9.17) is 21.3 Å². The Morgan fingerprint density at radius 1 is 1.45 bits per heavy atom. The number of piperidine rings is 1. The molecular weight excluding hydrogens is 474 g/mol. The predicted molar refractivity (Wildman–Crippen MR) is 122 cm³/mol. The minimum atomic E-state index is -1.39. The van der Waals surface area contributed by atoms with E-state index in [1.165, 1.54) is 29.5 Å². The van der Waals surface area contributed by atoms with Gasteiger partial charge < -0.3 is 15.2 Å². The third-order valence-electron chi connectivity index (χ3n) is 5.49. The van der Waals surface area contributed by atoms with Crippen LogP contribution in [-0.2, 0) is 9.53 Å². The van der Waals surface area contributed by atoms with Crippen LogP contribution in [0.3, 0.4) is 0 Å². The average Bonchev–Trinajstić information content (AvgIpc) is 3.31. The third-order valence-corrected chi connectivity index (χ3v) is 6.59. The van der Waals surface area contributed by atoms with Gasteiger partial charge in [-0.2, -0.15) is 0 Å². The summed E-state index contributed by atoms with van der Waals surface area (Å²) in [6.07, 6.45) is -0.474. The van der Waals surface area contributed by atoms with Crippen LogP contribution in [0.1, 0.15) is 30.0 Å². The molecule has 2 aromatic rings. The van der Waals surface area contributed by atoms with Crippen molar-refractivity contribution in [2.45, 2.75) is 31.7 Å². The molecule has 2 aliphatic heterocycles. The Morgan fingerprint density at radius 3 is 2.94 bits per heavy atom. The first-order chi connectivity index (χ1) is 15.9. The zero-order chi connectivity index (χ0) is 23.5. The van der Waals surface area contributed by atoms with E-state index in [1.807, 2.05) is 4.90 Å². The maximum absolute atomic E-state index is 14.2. The Kier molecular flexibility index (Phi) is 7.38. The number of nitrogens with one attached hydrogen (secondary N) is 1. The molecule has 0 amide bonds. The number of amidine groups is 1. The molecule has 1 aromatic carbocycles. The van der Waals surface area contributed by atoms with Crippen LogP contribution in [0.2, 0.25) is 5.02 Å². The Labute approximate surface area is 198 Å². The van der Waals surface area contributed by atoms with Crippen molar-refractivity contribution in [3.05, 3.63) is 62.5 Å². The summed E-state index contributed by atoms with van der Waals surface area (Å²) in [5.74, 6) is -0.682. The lowest BCUT2D eigenvalue weighted by Crippen LogP contribution is -2.47. The van der Waals surface area contributed by atoms with E-state index in [2.05, 4.69) is 10.3 Å². The van der Waals surface area contributed by atoms with E-state index in [0.717, 1.165) is 0 Å². The number of ether oxygens (including phenoxy) is 1. The number of thiazole rings is 1. The normalized spacial score (nSPS) is 23.8. The number of halogens is 3. The number of nitrogens with zero attached hydrogens (tertiary/aromatic N) is 3. The fraction of sp³-hybridized carbons (Fsp3) is 0.409. The quantitative estimate of drug-likeness (QED) is 0.597. The smallest absolute Gasteiger partial charge is 0.338 e. The van der Waals surface area contributed by atoms with Gasteiger partial charge in [-0.05, 0) is 25.5 Å². The van der Waals surface area contributed by atoms with Crippen molar-refractivity contribution in [2.75, 3.05) is 26.2 Å². The van der Waals surface area contributed by atoms with E-state index in [-0.39, 0.29) is 36.7 Å². The van der Waals surface area contributed by atoms with Crippen molar-refractivity contribution >= 4 is 34.7 Å². The predicted octanol–water partition coefficient (Wildman–Crippen LogP) is 3.25. The van der Waals surface area contributed by atoms with Gasteiger partial charge in [-0.15, -0.1) is 11.3 Å². The molecule has 4 rings (SSSR count). The van der Waals surface area contributed by atoms with Gasteiger partial charge in [0.1, 0.15) is 18.0 Å². The molecular formula is C22H23ClF2N4O3S. The minimum Gasteiger partial charge on any atom is -0.463 e. The van der Waals surface area contributed by atoms with E-state index in [0.29, 0.717) is 28.6 Å². The summed E-state index contributed by atoms with van der Waals surface area (Å²) in [7, 11) is 0. The number of benzene rings is 1. The van der Waals surface area contributed by atoms with Crippen LogP contribution >= 0.6 is 22.9 Å². The molecule has 176 valence electrons. The number of aromatic nitrogens is 1. The SMILES string of the molecule is CCOC(=O)C1=C(CN2CCC(O)C(F)C2)NC(c2nccs2)=NC1c1ccc(F)cc1Cl. The van der Waals surface area contributed by atoms with Gasteiger partial charge in [-0.1, -0.05) is 17.7 Å². The van der Waals surface area contributed by atoms with Crippen LogP contribution in [0.25, 0.3) is 0 Å². The summed E-state index contributed by atoms with van der Waals surface area (Å²) < 4.78 is 33.2. The minimum absolute atomic E-state index is 0.0220. The summed E-state index contributed by atoms with van der Waals surface area (Å²) in [5, 5.41) is 15.4. The van der Waals surface area contributed by atoms with E-state index < -0.39 is 30.1 Å². The number of rotatable bonds is 6. The van der Waals surface area contributed by atoms with Crippen molar-refractivity contribution < 1.29 is 23.4 Å². The number of aliphatic hydroxyl groups excluding tert-OH is 1. The molecule has 1 fully saturated rings. The molecule has 3 heterocycles. The number of alkyl halides is 1. The number of esters is 1. The number of likely N-dealkylation sites (tertiary alicyclic amines) is 1. The number of hydrogen-bond acceptors (Lipinski definition) is 8. The molecule has 3 atom stereocenters. The second-order valence-electron chi connectivity index (χ2n) is 7.73. The third kappa shape index (κ3) is 5.24. The zero-order valence-corrected chi connectivity index (χ0v) is 19.4. The van der Waals surface area contributed by atoms with Gasteiger partial charge in [0.2, 0.25) is 0 Å². The van der Waals surface area contributed by atoms with Gasteiger partial charge >= 0.3 is 5.97 Å². The summed E-state index contributed by atoms with van der Waals surface area (Å²) >= 11 is 7.71. The molecule has 2 aliphatic rings. The molecule has 2 N–H and O–H groups in total. The number of aliphatic imine (C=N–C) groups is 1. The first-order valence-corrected chi connectivity index (χ1v) is 11.8. The van der Waals surface area contributed by atoms with Crippen LogP contribution < -0.4 is 5.32 Å². The lowest BCUT2D eigenvalue weighted by Gasteiger charge is -2.35. The van der Waals surface area contributed by atoms with Crippen molar-refractivity contribution in [2.24, 2.45) is 4.99 Å². The van der Waals surface area contributed by atoms with Gasteiger partial charge in [-0.3, -0.25) is 9.89 Å². The monoisotopic (exact) mass is 496 g/mol. The highest BCUT2D eigenvalue weighted by Crippen LogP contribution is 2.37. The molecule has 0 bridgehead atoms. The molecule has 33 heavy (non-hydrogen) atoms. The first kappa shape index (κ1) is 23.7. The number of hydrogen-bond donors (Lipinski definition) is 2. The van der Waals surface area contributed by atoms with E-state index in [1.54, 1.807) is 18.5 Å². The highest BCUT2D eigenvalue weighted by atomic mass is 35.5. The van der Waals surface area contributed by atoms with Gasteiger partial charge in [-0.25, -0.2) is 18.6 Å². The molecule has 0 radical (unpaired) electrons. The maximum atomic E-state index is 14.2. The fourth-order valence-corrected chi connectivity index (χ4v) is 4.75. The van der Waals surface area contributed by atoms with Crippen molar-refractivity contribution in [3.8, 4) is 0 Å². The Hall–Kier alpha value is -2.40. The Bertz CT molecular complexity index is 1080. The molecule has 3 unspecified atom stereocenters. The fourth-order valence-electron chi connectivity index (χ4n) is 3.89. The zero-order valence-electron chi connectivity index (χ0n) is 17.8. The molecule has 11 heteroatoms. The second-order valence-corrected chi connectivity index (χ2v) is 9.03. The Balaban J connectivity index is 1.79.